The average molecular weight is 400 g/mol. The Morgan fingerprint density at radius 3 is 1.75 bits per heavy atom. The molecule has 0 amide bonds. The quantitative estimate of drug-likeness (QED) is 0.424. The number of benzene rings is 1. The van der Waals surface area contributed by atoms with Gasteiger partial charge in [-0.15, -0.1) is 0 Å². The molecule has 1 aromatic carbocycles. The summed E-state index contributed by atoms with van der Waals surface area (Å²) in [4.78, 5) is 36.9. The Hall–Kier alpha value is -2.51. The Bertz CT molecular complexity index is 731. The van der Waals surface area contributed by atoms with E-state index in [1.807, 2.05) is 0 Å². The van der Waals surface area contributed by atoms with Crippen LogP contribution in [0.4, 0.5) is 8.78 Å². The SMILES string of the molecule is CCOC(=O)c1cc(F)c(C(C(=O)OC(C)(C)C)C(=O)OC(C)(C)C)cc1F. The molecule has 0 aliphatic rings. The highest BCUT2D eigenvalue weighted by molar-refractivity contribution is 6.01. The minimum Gasteiger partial charge on any atom is -0.462 e. The van der Waals surface area contributed by atoms with Crippen molar-refractivity contribution < 1.29 is 37.4 Å². The average Bonchev–Trinajstić information content (AvgIpc) is 2.47. The van der Waals surface area contributed by atoms with Crippen molar-refractivity contribution in [3.63, 3.8) is 0 Å². The molecule has 1 aromatic rings. The molecule has 156 valence electrons. The van der Waals surface area contributed by atoms with Gasteiger partial charge >= 0.3 is 17.9 Å². The Morgan fingerprint density at radius 2 is 1.36 bits per heavy atom. The Balaban J connectivity index is 3.45. The largest absolute Gasteiger partial charge is 0.462 e. The number of rotatable bonds is 5. The summed E-state index contributed by atoms with van der Waals surface area (Å²) in [6, 6.07) is 1.20. The second-order valence-electron chi connectivity index (χ2n) is 8.07. The van der Waals surface area contributed by atoms with Crippen LogP contribution in [0.25, 0.3) is 0 Å². The first-order valence-electron chi connectivity index (χ1n) is 8.78. The number of carbonyl (C=O) groups excluding carboxylic acids is 3. The molecule has 0 fully saturated rings. The molecule has 1 rings (SSSR count). The van der Waals surface area contributed by atoms with Crippen molar-refractivity contribution in [2.75, 3.05) is 6.61 Å². The van der Waals surface area contributed by atoms with Gasteiger partial charge in [0.2, 0.25) is 0 Å². The first kappa shape index (κ1) is 23.5. The lowest BCUT2D eigenvalue weighted by Gasteiger charge is -2.26. The summed E-state index contributed by atoms with van der Waals surface area (Å²) in [5.41, 5.74) is -3.18. The third-order valence-corrected chi connectivity index (χ3v) is 3.18. The summed E-state index contributed by atoms with van der Waals surface area (Å²) in [5, 5.41) is 0. The van der Waals surface area contributed by atoms with E-state index in [1.54, 1.807) is 41.5 Å². The molecule has 0 heterocycles. The predicted octanol–water partition coefficient (Wildman–Crippen LogP) is 3.91. The lowest BCUT2D eigenvalue weighted by Crippen LogP contribution is -2.36. The molecule has 28 heavy (non-hydrogen) atoms. The zero-order valence-corrected chi connectivity index (χ0v) is 17.1. The van der Waals surface area contributed by atoms with E-state index in [0.717, 1.165) is 0 Å². The molecule has 0 aliphatic heterocycles. The van der Waals surface area contributed by atoms with Crippen LogP contribution in [0.15, 0.2) is 12.1 Å². The highest BCUT2D eigenvalue weighted by Crippen LogP contribution is 2.29. The van der Waals surface area contributed by atoms with E-state index in [2.05, 4.69) is 4.74 Å². The monoisotopic (exact) mass is 400 g/mol. The molecule has 0 spiro atoms. The fourth-order valence-corrected chi connectivity index (χ4v) is 2.22. The van der Waals surface area contributed by atoms with Crippen LogP contribution in [0.2, 0.25) is 0 Å². The van der Waals surface area contributed by atoms with E-state index in [9.17, 15) is 23.2 Å². The highest BCUT2D eigenvalue weighted by atomic mass is 19.1. The van der Waals surface area contributed by atoms with Gasteiger partial charge in [-0.1, -0.05) is 0 Å². The van der Waals surface area contributed by atoms with Gasteiger partial charge in [0.1, 0.15) is 22.8 Å². The zero-order chi connectivity index (χ0) is 21.9. The van der Waals surface area contributed by atoms with Crippen LogP contribution in [0.3, 0.4) is 0 Å². The van der Waals surface area contributed by atoms with E-state index in [4.69, 9.17) is 9.47 Å². The van der Waals surface area contributed by atoms with Crippen molar-refractivity contribution >= 4 is 17.9 Å². The maximum Gasteiger partial charge on any atom is 0.341 e. The fourth-order valence-electron chi connectivity index (χ4n) is 2.22. The van der Waals surface area contributed by atoms with Crippen LogP contribution >= 0.6 is 0 Å². The van der Waals surface area contributed by atoms with Gasteiger partial charge in [-0.2, -0.15) is 0 Å². The summed E-state index contributed by atoms with van der Waals surface area (Å²) < 4.78 is 44.1. The van der Waals surface area contributed by atoms with E-state index < -0.39 is 57.8 Å². The van der Waals surface area contributed by atoms with Crippen LogP contribution in [-0.2, 0) is 23.8 Å². The van der Waals surface area contributed by atoms with Crippen molar-refractivity contribution in [1.82, 2.24) is 0 Å². The molecule has 0 N–H and O–H groups in total. The van der Waals surface area contributed by atoms with Crippen molar-refractivity contribution in [2.24, 2.45) is 0 Å². The van der Waals surface area contributed by atoms with E-state index >= 15 is 0 Å². The van der Waals surface area contributed by atoms with Crippen molar-refractivity contribution in [2.45, 2.75) is 65.6 Å². The van der Waals surface area contributed by atoms with Gasteiger partial charge in [-0.25, -0.2) is 13.6 Å². The lowest BCUT2D eigenvalue weighted by atomic mass is 9.96. The molecular weight excluding hydrogens is 374 g/mol. The number of hydrogen-bond donors (Lipinski definition) is 0. The van der Waals surface area contributed by atoms with Crippen molar-refractivity contribution in [3.05, 3.63) is 34.9 Å². The Morgan fingerprint density at radius 1 is 0.893 bits per heavy atom. The van der Waals surface area contributed by atoms with Crippen molar-refractivity contribution in [1.29, 1.82) is 0 Å². The Labute approximate surface area is 163 Å². The smallest absolute Gasteiger partial charge is 0.341 e. The van der Waals surface area contributed by atoms with Crippen LogP contribution < -0.4 is 0 Å². The third kappa shape index (κ3) is 6.58. The minimum atomic E-state index is -1.86. The molecule has 0 bridgehead atoms. The molecule has 0 aliphatic carbocycles. The molecule has 0 radical (unpaired) electrons. The summed E-state index contributed by atoms with van der Waals surface area (Å²) >= 11 is 0. The second kappa shape index (κ2) is 8.67. The van der Waals surface area contributed by atoms with E-state index in [0.29, 0.717) is 12.1 Å². The van der Waals surface area contributed by atoms with Crippen molar-refractivity contribution in [3.8, 4) is 0 Å². The van der Waals surface area contributed by atoms with Gasteiger partial charge in [0.15, 0.2) is 5.92 Å². The first-order valence-corrected chi connectivity index (χ1v) is 8.78. The summed E-state index contributed by atoms with van der Waals surface area (Å²) in [5.74, 6) is -7.37. The maximum atomic E-state index is 14.7. The molecular formula is C20H26F2O6. The van der Waals surface area contributed by atoms with E-state index in [-0.39, 0.29) is 6.61 Å². The number of esters is 3. The van der Waals surface area contributed by atoms with Gasteiger partial charge < -0.3 is 14.2 Å². The van der Waals surface area contributed by atoms with Gasteiger partial charge in [-0.3, -0.25) is 9.59 Å². The van der Waals surface area contributed by atoms with Gasteiger partial charge in [-0.05, 0) is 60.6 Å². The van der Waals surface area contributed by atoms with E-state index in [1.165, 1.54) is 6.92 Å². The zero-order valence-electron chi connectivity index (χ0n) is 17.1. The maximum absolute atomic E-state index is 14.7. The number of ether oxygens (including phenoxy) is 3. The standard InChI is InChI=1S/C20H26F2O6/c1-8-26-16(23)12-10-13(21)11(9-14(12)22)15(17(24)27-19(2,3)4)18(25)28-20(5,6)7/h9-10,15H,8H2,1-7H3. The van der Waals surface area contributed by atoms with Crippen LogP contribution in [0.1, 0.15) is 70.3 Å². The van der Waals surface area contributed by atoms with Gasteiger partial charge in [0.25, 0.3) is 0 Å². The van der Waals surface area contributed by atoms with Crippen LogP contribution in [0, 0.1) is 11.6 Å². The lowest BCUT2D eigenvalue weighted by molar-refractivity contribution is -0.169. The molecule has 6 nitrogen and oxygen atoms in total. The molecule has 8 heteroatoms. The number of carbonyl (C=O) groups is 3. The molecule has 0 saturated carbocycles. The minimum absolute atomic E-state index is 0.0277. The number of halogens is 2. The second-order valence-corrected chi connectivity index (χ2v) is 8.07. The molecule has 0 saturated heterocycles. The predicted molar refractivity (Wildman–Crippen MR) is 96.7 cm³/mol. The molecule has 0 aromatic heterocycles. The fraction of sp³-hybridized carbons (Fsp3) is 0.550. The first-order chi connectivity index (χ1) is 12.7. The van der Waals surface area contributed by atoms with Gasteiger partial charge in [0, 0.05) is 5.56 Å². The third-order valence-electron chi connectivity index (χ3n) is 3.18. The number of hydrogen-bond acceptors (Lipinski definition) is 6. The Kier molecular flexibility index (Phi) is 7.28. The summed E-state index contributed by atoms with van der Waals surface area (Å²) in [7, 11) is 0. The normalized spacial score (nSPS) is 11.9. The summed E-state index contributed by atoms with van der Waals surface area (Å²) in [6.45, 7) is 10.9. The highest BCUT2D eigenvalue weighted by Gasteiger charge is 2.39. The molecule has 0 atom stereocenters. The summed E-state index contributed by atoms with van der Waals surface area (Å²) in [6.07, 6.45) is 0. The van der Waals surface area contributed by atoms with Crippen LogP contribution in [0.5, 0.6) is 0 Å². The van der Waals surface area contributed by atoms with Crippen LogP contribution in [-0.4, -0.2) is 35.7 Å². The molecule has 0 unspecified atom stereocenters. The van der Waals surface area contributed by atoms with Gasteiger partial charge in [0.05, 0.1) is 12.2 Å². The topological polar surface area (TPSA) is 78.9 Å².